The Morgan fingerprint density at radius 1 is 0.939 bits per heavy atom. The molecule has 6 aliphatic rings. The number of aliphatic hydroxyl groups excluding tert-OH is 1. The molecule has 3 heteroatoms. The Kier molecular flexibility index (Phi) is 4.31. The summed E-state index contributed by atoms with van der Waals surface area (Å²) in [7, 11) is 0. The van der Waals surface area contributed by atoms with Crippen LogP contribution in [0.15, 0.2) is 12.2 Å². The summed E-state index contributed by atoms with van der Waals surface area (Å²) < 4.78 is 6.71. The lowest BCUT2D eigenvalue weighted by Crippen LogP contribution is -2.71. The number of hydrogen-bond donors (Lipinski definition) is 1. The zero-order chi connectivity index (χ0) is 23.8. The maximum absolute atomic E-state index is 13.6. The quantitative estimate of drug-likeness (QED) is 0.334. The van der Waals surface area contributed by atoms with Crippen LogP contribution in [0.5, 0.6) is 0 Å². The Morgan fingerprint density at radius 3 is 2.39 bits per heavy atom. The van der Waals surface area contributed by atoms with Crippen LogP contribution in [0, 0.1) is 56.7 Å². The zero-order valence-electron chi connectivity index (χ0n) is 22.0. The molecule has 33 heavy (non-hydrogen) atoms. The molecule has 0 aromatic heterocycles. The average molecular weight is 455 g/mol. The Morgan fingerprint density at radius 2 is 1.67 bits per heavy atom. The van der Waals surface area contributed by atoms with Gasteiger partial charge in [0, 0.05) is 11.3 Å². The van der Waals surface area contributed by atoms with Gasteiger partial charge < -0.3 is 9.84 Å². The average Bonchev–Trinajstić information content (AvgIpc) is 2.95. The van der Waals surface area contributed by atoms with Gasteiger partial charge in [0.25, 0.3) is 0 Å². The van der Waals surface area contributed by atoms with Crippen LogP contribution in [0.3, 0.4) is 0 Å². The van der Waals surface area contributed by atoms with Crippen LogP contribution in [0.1, 0.15) is 99.8 Å². The van der Waals surface area contributed by atoms with Gasteiger partial charge in [-0.3, -0.25) is 4.79 Å². The van der Waals surface area contributed by atoms with Gasteiger partial charge in [-0.2, -0.15) is 0 Å². The molecule has 0 radical (unpaired) electrons. The first-order chi connectivity index (χ1) is 15.3. The topological polar surface area (TPSA) is 46.5 Å². The predicted octanol–water partition coefficient (Wildman–Crippen LogP) is 6.54. The molecule has 5 fully saturated rings. The van der Waals surface area contributed by atoms with Gasteiger partial charge in [-0.1, -0.05) is 54.5 Å². The lowest BCUT2D eigenvalue weighted by Gasteiger charge is -2.72. The highest BCUT2D eigenvalue weighted by Gasteiger charge is 2.80. The molecule has 1 spiro atoms. The van der Waals surface area contributed by atoms with Crippen molar-refractivity contribution in [3.05, 3.63) is 12.2 Å². The number of carbonyl (C=O) groups excluding carboxylic acids is 1. The first kappa shape index (κ1) is 22.6. The van der Waals surface area contributed by atoms with E-state index in [1.807, 2.05) is 0 Å². The highest BCUT2D eigenvalue weighted by atomic mass is 16.6. The van der Waals surface area contributed by atoms with Crippen molar-refractivity contribution in [2.75, 3.05) is 0 Å². The monoisotopic (exact) mass is 454 g/mol. The standard InChI is InChI=1S/C30H46O3/c1-18-8-14-29-17-16-28(7)27(6)13-9-20-25(3,4)22(31)11-12-26(20,5)21(27)10-15-30(28,33-24(29)32)23(29)19(18)2/h10,15,18-23,31H,8-9,11-14,16-17H2,1-7H3/t18?,19?,20?,21?,22?,23?,26-,27+,28-,29-,30-/m0/s1. The molecule has 11 atom stereocenters. The number of hydrogen-bond acceptors (Lipinski definition) is 3. The molecule has 3 nitrogen and oxygen atoms in total. The van der Waals surface area contributed by atoms with E-state index < -0.39 is 5.60 Å². The van der Waals surface area contributed by atoms with Crippen molar-refractivity contribution in [3.8, 4) is 0 Å². The van der Waals surface area contributed by atoms with E-state index in [2.05, 4.69) is 60.6 Å². The molecule has 2 bridgehead atoms. The Balaban J connectivity index is 1.52. The summed E-state index contributed by atoms with van der Waals surface area (Å²) in [6, 6.07) is 0. The number of carbonyl (C=O) groups is 1. The van der Waals surface area contributed by atoms with Crippen LogP contribution in [-0.2, 0) is 9.53 Å². The number of allylic oxidation sites excluding steroid dienone is 1. The molecule has 4 saturated carbocycles. The predicted molar refractivity (Wildman–Crippen MR) is 130 cm³/mol. The fourth-order valence-corrected chi connectivity index (χ4v) is 11.4. The van der Waals surface area contributed by atoms with Crippen molar-refractivity contribution >= 4 is 5.97 Å². The smallest absolute Gasteiger partial charge is 0.313 e. The Labute approximate surface area is 201 Å². The molecule has 1 N–H and O–H groups in total. The lowest BCUT2D eigenvalue weighted by molar-refractivity contribution is -0.245. The molecule has 1 heterocycles. The maximum atomic E-state index is 13.6. The number of fused-ring (bicyclic) bond motifs is 4. The van der Waals surface area contributed by atoms with Crippen LogP contribution in [0.4, 0.5) is 0 Å². The summed E-state index contributed by atoms with van der Waals surface area (Å²) >= 11 is 0. The first-order valence-electron chi connectivity index (χ1n) is 13.9. The number of ether oxygens (including phenoxy) is 1. The third-order valence-corrected chi connectivity index (χ3v) is 13.8. The van der Waals surface area contributed by atoms with Crippen molar-refractivity contribution in [1.29, 1.82) is 0 Å². The summed E-state index contributed by atoms with van der Waals surface area (Å²) in [6.07, 6.45) is 13.4. The number of aliphatic hydroxyl groups is 1. The second kappa shape index (κ2) is 6.29. The fourth-order valence-electron chi connectivity index (χ4n) is 11.4. The molecule has 184 valence electrons. The van der Waals surface area contributed by atoms with Gasteiger partial charge in [-0.25, -0.2) is 0 Å². The molecule has 1 saturated heterocycles. The maximum Gasteiger partial charge on any atom is 0.313 e. The minimum Gasteiger partial charge on any atom is -0.453 e. The summed E-state index contributed by atoms with van der Waals surface area (Å²) in [5.74, 6) is 2.56. The van der Waals surface area contributed by atoms with Gasteiger partial charge in [0.2, 0.25) is 0 Å². The minimum atomic E-state index is -0.450. The highest BCUT2D eigenvalue weighted by molar-refractivity contribution is 5.82. The molecular formula is C30H46O3. The number of rotatable bonds is 0. The summed E-state index contributed by atoms with van der Waals surface area (Å²) in [4.78, 5) is 13.6. The van der Waals surface area contributed by atoms with E-state index in [0.717, 1.165) is 44.9 Å². The van der Waals surface area contributed by atoms with Crippen LogP contribution in [-0.4, -0.2) is 22.8 Å². The van der Waals surface area contributed by atoms with E-state index in [4.69, 9.17) is 4.74 Å². The highest BCUT2D eigenvalue weighted by Crippen LogP contribution is 2.79. The molecular weight excluding hydrogens is 408 g/mol. The van der Waals surface area contributed by atoms with Gasteiger partial charge in [0.15, 0.2) is 0 Å². The summed E-state index contributed by atoms with van der Waals surface area (Å²) in [6.45, 7) is 17.0. The Bertz CT molecular complexity index is 922. The van der Waals surface area contributed by atoms with E-state index in [-0.39, 0.29) is 39.1 Å². The van der Waals surface area contributed by atoms with Gasteiger partial charge in [-0.15, -0.1) is 0 Å². The van der Waals surface area contributed by atoms with Crippen LogP contribution in [0.2, 0.25) is 0 Å². The van der Waals surface area contributed by atoms with E-state index >= 15 is 0 Å². The van der Waals surface area contributed by atoms with Crippen molar-refractivity contribution in [2.45, 2.75) is 112 Å². The molecule has 6 unspecified atom stereocenters. The van der Waals surface area contributed by atoms with E-state index in [1.165, 1.54) is 6.42 Å². The normalized spacial score (nSPS) is 60.8. The fraction of sp³-hybridized carbons (Fsp3) is 0.900. The molecule has 0 amide bonds. The summed E-state index contributed by atoms with van der Waals surface area (Å²) in [5.41, 5.74) is -0.514. The SMILES string of the molecule is CC1CC[C@@]23CC[C@]4(C)[C@@](C=CC5[C@@]6(C)CCC(O)C(C)(C)C6CC[C@]54C)(OC2=O)C3C1C. The van der Waals surface area contributed by atoms with E-state index in [9.17, 15) is 9.90 Å². The largest absolute Gasteiger partial charge is 0.453 e. The van der Waals surface area contributed by atoms with Crippen molar-refractivity contribution < 1.29 is 14.6 Å². The van der Waals surface area contributed by atoms with Crippen LogP contribution >= 0.6 is 0 Å². The summed E-state index contributed by atoms with van der Waals surface area (Å²) in [5, 5.41) is 10.9. The van der Waals surface area contributed by atoms with Crippen LogP contribution < -0.4 is 0 Å². The van der Waals surface area contributed by atoms with E-state index in [1.54, 1.807) is 0 Å². The molecule has 6 rings (SSSR count). The van der Waals surface area contributed by atoms with Gasteiger partial charge in [0.05, 0.1) is 11.5 Å². The van der Waals surface area contributed by atoms with Gasteiger partial charge in [0.1, 0.15) is 5.60 Å². The van der Waals surface area contributed by atoms with Crippen molar-refractivity contribution in [1.82, 2.24) is 0 Å². The second-order valence-electron chi connectivity index (χ2n) is 14.8. The van der Waals surface area contributed by atoms with Crippen molar-refractivity contribution in [2.24, 2.45) is 56.7 Å². The molecule has 0 aromatic carbocycles. The van der Waals surface area contributed by atoms with Crippen LogP contribution in [0.25, 0.3) is 0 Å². The van der Waals surface area contributed by atoms with E-state index in [0.29, 0.717) is 29.6 Å². The number of esters is 1. The third-order valence-electron chi connectivity index (χ3n) is 13.8. The van der Waals surface area contributed by atoms with Crippen molar-refractivity contribution in [3.63, 3.8) is 0 Å². The zero-order valence-corrected chi connectivity index (χ0v) is 22.0. The van der Waals surface area contributed by atoms with Gasteiger partial charge in [-0.05, 0) is 97.4 Å². The molecule has 5 aliphatic carbocycles. The Hall–Kier alpha value is -0.830. The first-order valence-corrected chi connectivity index (χ1v) is 13.9. The third kappa shape index (κ3) is 2.23. The molecule has 0 aromatic rings. The minimum absolute atomic E-state index is 0.0424. The molecule has 1 aliphatic heterocycles. The van der Waals surface area contributed by atoms with Gasteiger partial charge >= 0.3 is 5.97 Å². The lowest BCUT2D eigenvalue weighted by atomic mass is 9.32. The second-order valence-corrected chi connectivity index (χ2v) is 14.8.